The number of hydrogen-bond acceptors (Lipinski definition) is 3. The number of amides is 1. The number of nitrogens with zero attached hydrogens (tertiary/aromatic N) is 1. The molecule has 0 saturated carbocycles. The Morgan fingerprint density at radius 3 is 2.57 bits per heavy atom. The van der Waals surface area contributed by atoms with Gasteiger partial charge in [-0.05, 0) is 6.07 Å². The number of aromatic nitrogens is 1. The van der Waals surface area contributed by atoms with Crippen LogP contribution in [0.5, 0.6) is 5.75 Å². The number of carbonyl (C=O) groups is 1. The molecular weight excluding hydrogens is 201 g/mol. The van der Waals surface area contributed by atoms with Gasteiger partial charge in [-0.1, -0.05) is 0 Å². The standard InChI is InChI=1S/C7H5F3N2O2/c8-7(9,10)4-1-5(3-12-2-4)14-6(11)13/h1-3H,(H2,11,13). The molecule has 1 amide bonds. The van der Waals surface area contributed by atoms with Crippen molar-refractivity contribution in [3.63, 3.8) is 0 Å². The van der Waals surface area contributed by atoms with Crippen molar-refractivity contribution in [2.24, 2.45) is 5.73 Å². The van der Waals surface area contributed by atoms with Crippen LogP contribution < -0.4 is 10.5 Å². The highest BCUT2D eigenvalue weighted by Gasteiger charge is 2.31. The third kappa shape index (κ3) is 2.61. The first-order chi connectivity index (χ1) is 6.39. The van der Waals surface area contributed by atoms with Gasteiger partial charge in [0.2, 0.25) is 0 Å². The van der Waals surface area contributed by atoms with Crippen LogP contribution in [-0.4, -0.2) is 11.1 Å². The Morgan fingerprint density at radius 1 is 1.43 bits per heavy atom. The molecule has 0 aliphatic rings. The maximum absolute atomic E-state index is 12.1. The molecule has 1 aromatic heterocycles. The van der Waals surface area contributed by atoms with Gasteiger partial charge in [-0.25, -0.2) is 4.79 Å². The molecule has 0 bridgehead atoms. The number of pyridine rings is 1. The van der Waals surface area contributed by atoms with Crippen molar-refractivity contribution in [1.29, 1.82) is 0 Å². The zero-order valence-electron chi connectivity index (χ0n) is 6.71. The summed E-state index contributed by atoms with van der Waals surface area (Å²) in [6, 6.07) is 0.637. The largest absolute Gasteiger partial charge is 0.418 e. The average molecular weight is 206 g/mol. The van der Waals surface area contributed by atoms with E-state index in [0.717, 1.165) is 6.20 Å². The summed E-state index contributed by atoms with van der Waals surface area (Å²) >= 11 is 0. The van der Waals surface area contributed by atoms with Gasteiger partial charge in [0, 0.05) is 6.20 Å². The second-order valence-electron chi connectivity index (χ2n) is 2.33. The van der Waals surface area contributed by atoms with Crippen LogP contribution >= 0.6 is 0 Å². The topological polar surface area (TPSA) is 65.2 Å². The molecule has 0 aliphatic heterocycles. The third-order valence-electron chi connectivity index (χ3n) is 1.26. The molecule has 1 rings (SSSR count). The van der Waals surface area contributed by atoms with Crippen molar-refractivity contribution in [2.75, 3.05) is 0 Å². The lowest BCUT2D eigenvalue weighted by Crippen LogP contribution is -2.17. The molecule has 1 heterocycles. The molecule has 0 atom stereocenters. The number of halogens is 3. The summed E-state index contributed by atoms with van der Waals surface area (Å²) in [5, 5.41) is 0. The lowest BCUT2D eigenvalue weighted by atomic mass is 10.3. The van der Waals surface area contributed by atoms with Gasteiger partial charge in [0.15, 0.2) is 5.75 Å². The summed E-state index contributed by atoms with van der Waals surface area (Å²) in [4.78, 5) is 13.5. The van der Waals surface area contributed by atoms with Crippen LogP contribution in [0, 0.1) is 0 Å². The van der Waals surface area contributed by atoms with Crippen molar-refractivity contribution in [3.8, 4) is 5.75 Å². The van der Waals surface area contributed by atoms with Crippen molar-refractivity contribution < 1.29 is 22.7 Å². The summed E-state index contributed by atoms with van der Waals surface area (Å²) in [6.45, 7) is 0. The van der Waals surface area contributed by atoms with Crippen LogP contribution in [0.4, 0.5) is 18.0 Å². The van der Waals surface area contributed by atoms with E-state index < -0.39 is 17.8 Å². The number of carbonyl (C=O) groups excluding carboxylic acids is 1. The van der Waals surface area contributed by atoms with Gasteiger partial charge in [-0.2, -0.15) is 13.2 Å². The van der Waals surface area contributed by atoms with Crippen LogP contribution in [-0.2, 0) is 6.18 Å². The molecule has 0 aromatic carbocycles. The molecule has 2 N–H and O–H groups in total. The Balaban J connectivity index is 2.95. The number of rotatable bonds is 1. The highest BCUT2D eigenvalue weighted by molar-refractivity contribution is 5.67. The molecule has 0 radical (unpaired) electrons. The highest BCUT2D eigenvalue weighted by atomic mass is 19.4. The van der Waals surface area contributed by atoms with E-state index in [1.54, 1.807) is 0 Å². The monoisotopic (exact) mass is 206 g/mol. The quantitative estimate of drug-likeness (QED) is 0.758. The molecule has 0 aliphatic carbocycles. The lowest BCUT2D eigenvalue weighted by molar-refractivity contribution is -0.137. The first-order valence-electron chi connectivity index (χ1n) is 3.39. The first-order valence-corrected chi connectivity index (χ1v) is 3.39. The lowest BCUT2D eigenvalue weighted by Gasteiger charge is -2.06. The van der Waals surface area contributed by atoms with Crippen molar-refractivity contribution >= 4 is 6.09 Å². The maximum Gasteiger partial charge on any atom is 0.418 e. The SMILES string of the molecule is NC(=O)Oc1cncc(C(F)(F)F)c1. The van der Waals surface area contributed by atoms with Gasteiger partial charge in [-0.15, -0.1) is 0 Å². The minimum absolute atomic E-state index is 0.340. The smallest absolute Gasteiger partial charge is 0.409 e. The summed E-state index contributed by atoms with van der Waals surface area (Å²) < 4.78 is 40.5. The Hall–Kier alpha value is -1.79. The van der Waals surface area contributed by atoms with E-state index in [1.807, 2.05) is 0 Å². The van der Waals surface area contributed by atoms with E-state index in [9.17, 15) is 18.0 Å². The number of primary amides is 1. The van der Waals surface area contributed by atoms with Gasteiger partial charge in [0.1, 0.15) is 0 Å². The predicted molar refractivity (Wildman–Crippen MR) is 39.5 cm³/mol. The van der Waals surface area contributed by atoms with E-state index in [1.165, 1.54) is 0 Å². The number of alkyl halides is 3. The highest BCUT2D eigenvalue weighted by Crippen LogP contribution is 2.30. The average Bonchev–Trinajstić information content (AvgIpc) is 2.01. The first kappa shape index (κ1) is 10.3. The van der Waals surface area contributed by atoms with E-state index in [-0.39, 0.29) is 5.75 Å². The molecule has 0 unspecified atom stereocenters. The number of hydrogen-bond donors (Lipinski definition) is 1. The number of ether oxygens (including phenoxy) is 1. The molecule has 1 aromatic rings. The predicted octanol–water partition coefficient (Wildman–Crippen LogP) is 1.56. The van der Waals surface area contributed by atoms with Gasteiger partial charge in [0.25, 0.3) is 0 Å². The zero-order chi connectivity index (χ0) is 10.8. The van der Waals surface area contributed by atoms with Crippen molar-refractivity contribution in [1.82, 2.24) is 4.98 Å². The van der Waals surface area contributed by atoms with Gasteiger partial charge < -0.3 is 10.5 Å². The second-order valence-corrected chi connectivity index (χ2v) is 2.33. The fraction of sp³-hybridized carbons (Fsp3) is 0.143. The fourth-order valence-corrected chi connectivity index (χ4v) is 0.746. The van der Waals surface area contributed by atoms with E-state index in [2.05, 4.69) is 15.5 Å². The molecule has 0 saturated heterocycles. The van der Waals surface area contributed by atoms with Crippen LogP contribution in [0.25, 0.3) is 0 Å². The second kappa shape index (κ2) is 3.52. The van der Waals surface area contributed by atoms with E-state index >= 15 is 0 Å². The summed E-state index contributed by atoms with van der Waals surface area (Å²) in [7, 11) is 0. The van der Waals surface area contributed by atoms with E-state index in [0.29, 0.717) is 12.3 Å². The fourth-order valence-electron chi connectivity index (χ4n) is 0.746. The van der Waals surface area contributed by atoms with Gasteiger partial charge in [-0.3, -0.25) is 4.98 Å². The van der Waals surface area contributed by atoms with Crippen LogP contribution in [0.1, 0.15) is 5.56 Å². The molecule has 7 heteroatoms. The Labute approximate surface area is 76.5 Å². The molecule has 14 heavy (non-hydrogen) atoms. The third-order valence-corrected chi connectivity index (χ3v) is 1.26. The van der Waals surface area contributed by atoms with Gasteiger partial charge in [0.05, 0.1) is 11.8 Å². The Morgan fingerprint density at radius 2 is 2.07 bits per heavy atom. The molecule has 4 nitrogen and oxygen atoms in total. The minimum Gasteiger partial charge on any atom is -0.409 e. The molecule has 0 fully saturated rings. The maximum atomic E-state index is 12.1. The normalized spacial score (nSPS) is 11.1. The van der Waals surface area contributed by atoms with Crippen molar-refractivity contribution in [3.05, 3.63) is 24.0 Å². The minimum atomic E-state index is -4.52. The molecular formula is C7H5F3N2O2. The van der Waals surface area contributed by atoms with E-state index in [4.69, 9.17) is 0 Å². The Bertz CT molecular complexity index is 351. The summed E-state index contributed by atoms with van der Waals surface area (Å²) in [5.41, 5.74) is 3.61. The number of nitrogens with two attached hydrogens (primary N) is 1. The van der Waals surface area contributed by atoms with Crippen LogP contribution in [0.3, 0.4) is 0 Å². The molecule has 0 spiro atoms. The van der Waals surface area contributed by atoms with Crippen LogP contribution in [0.2, 0.25) is 0 Å². The zero-order valence-corrected chi connectivity index (χ0v) is 6.71. The van der Waals surface area contributed by atoms with Gasteiger partial charge >= 0.3 is 12.3 Å². The summed E-state index contributed by atoms with van der Waals surface area (Å²) in [5.74, 6) is -0.340. The van der Waals surface area contributed by atoms with Crippen LogP contribution in [0.15, 0.2) is 18.5 Å². The Kier molecular flexibility index (Phi) is 2.59. The molecule has 76 valence electrons. The van der Waals surface area contributed by atoms with Crippen molar-refractivity contribution in [2.45, 2.75) is 6.18 Å². The summed E-state index contributed by atoms with van der Waals surface area (Å²) in [6.07, 6.45) is -4.14.